The molecule has 1 fully saturated rings. The van der Waals surface area contributed by atoms with Crippen LogP contribution in [-0.2, 0) is 11.3 Å². The van der Waals surface area contributed by atoms with Crippen LogP contribution in [0.15, 0.2) is 33.8 Å². The molecule has 1 aromatic heterocycles. The lowest BCUT2D eigenvalue weighted by molar-refractivity contribution is 0.0132. The maximum Gasteiger partial charge on any atom is 0.246 e. The van der Waals surface area contributed by atoms with Gasteiger partial charge >= 0.3 is 0 Å². The van der Waals surface area contributed by atoms with Crippen LogP contribution in [0.25, 0.3) is 11.4 Å². The molecule has 0 spiro atoms. The van der Waals surface area contributed by atoms with Crippen molar-refractivity contribution >= 4 is 17.6 Å². The minimum absolute atomic E-state index is 0.389. The standard InChI is InChI=1S/C21H31ClN6O2/c1-15(2)11-18(28-7-9-29-10-8-28)13-24-21(23-3)25-14-19-26-20(27-30-19)16-5-4-6-17(22)12-16/h4-6,12,15,18H,7-11,13-14H2,1-3H3,(H2,23,24,25). The van der Waals surface area contributed by atoms with E-state index in [9.17, 15) is 0 Å². The molecule has 1 aliphatic heterocycles. The first-order valence-corrected chi connectivity index (χ1v) is 10.8. The second-order valence-electron chi connectivity index (χ2n) is 7.76. The van der Waals surface area contributed by atoms with Crippen molar-refractivity contribution in [1.82, 2.24) is 25.7 Å². The molecule has 0 amide bonds. The fraction of sp³-hybridized carbons (Fsp3) is 0.571. The Morgan fingerprint density at radius 3 is 2.77 bits per heavy atom. The first-order valence-electron chi connectivity index (χ1n) is 10.4. The van der Waals surface area contributed by atoms with E-state index < -0.39 is 0 Å². The van der Waals surface area contributed by atoms with E-state index in [0.29, 0.717) is 41.2 Å². The highest BCUT2D eigenvalue weighted by Gasteiger charge is 2.22. The van der Waals surface area contributed by atoms with Gasteiger partial charge in [0.1, 0.15) is 0 Å². The third-order valence-corrected chi connectivity index (χ3v) is 5.23. The summed E-state index contributed by atoms with van der Waals surface area (Å²) in [6, 6.07) is 7.82. The summed E-state index contributed by atoms with van der Waals surface area (Å²) < 4.78 is 10.9. The van der Waals surface area contributed by atoms with Gasteiger partial charge in [0.15, 0.2) is 5.96 Å². The minimum atomic E-state index is 0.389. The van der Waals surface area contributed by atoms with Crippen molar-refractivity contribution in [2.24, 2.45) is 10.9 Å². The molecule has 9 heteroatoms. The van der Waals surface area contributed by atoms with E-state index >= 15 is 0 Å². The lowest BCUT2D eigenvalue weighted by Gasteiger charge is -2.35. The lowest BCUT2D eigenvalue weighted by atomic mass is 10.0. The predicted molar refractivity (Wildman–Crippen MR) is 119 cm³/mol. The van der Waals surface area contributed by atoms with Crippen LogP contribution in [0.4, 0.5) is 0 Å². The zero-order valence-electron chi connectivity index (χ0n) is 17.9. The van der Waals surface area contributed by atoms with E-state index in [4.69, 9.17) is 20.9 Å². The molecular weight excluding hydrogens is 404 g/mol. The Hall–Kier alpha value is -2.16. The van der Waals surface area contributed by atoms with Gasteiger partial charge in [-0.2, -0.15) is 4.98 Å². The minimum Gasteiger partial charge on any atom is -0.379 e. The normalized spacial score (nSPS) is 16.6. The van der Waals surface area contributed by atoms with Gasteiger partial charge in [0.05, 0.1) is 19.8 Å². The van der Waals surface area contributed by atoms with Crippen molar-refractivity contribution in [2.45, 2.75) is 32.9 Å². The molecular formula is C21H31ClN6O2. The Labute approximate surface area is 183 Å². The summed E-state index contributed by atoms with van der Waals surface area (Å²) in [6.07, 6.45) is 1.12. The number of guanidine groups is 1. The largest absolute Gasteiger partial charge is 0.379 e. The van der Waals surface area contributed by atoms with E-state index in [2.05, 4.69) is 44.5 Å². The zero-order valence-corrected chi connectivity index (χ0v) is 18.7. The first-order chi connectivity index (χ1) is 14.5. The highest BCUT2D eigenvalue weighted by atomic mass is 35.5. The Bertz CT molecular complexity index is 819. The summed E-state index contributed by atoms with van der Waals surface area (Å²) in [4.78, 5) is 11.3. The van der Waals surface area contributed by atoms with Crippen LogP contribution >= 0.6 is 11.6 Å². The highest BCUT2D eigenvalue weighted by molar-refractivity contribution is 6.30. The molecule has 3 rings (SSSR count). The average Bonchev–Trinajstić information content (AvgIpc) is 3.22. The Morgan fingerprint density at radius 2 is 2.07 bits per heavy atom. The molecule has 164 valence electrons. The van der Waals surface area contributed by atoms with Crippen molar-refractivity contribution in [1.29, 1.82) is 0 Å². The fourth-order valence-electron chi connectivity index (χ4n) is 3.51. The van der Waals surface area contributed by atoms with Crippen LogP contribution in [0, 0.1) is 5.92 Å². The third kappa shape index (κ3) is 6.68. The Balaban J connectivity index is 1.52. The number of hydrogen-bond acceptors (Lipinski definition) is 6. The van der Waals surface area contributed by atoms with Gasteiger partial charge in [-0.3, -0.25) is 9.89 Å². The topological polar surface area (TPSA) is 87.8 Å². The van der Waals surface area contributed by atoms with Crippen LogP contribution in [0.1, 0.15) is 26.2 Å². The van der Waals surface area contributed by atoms with E-state index in [1.54, 1.807) is 7.05 Å². The average molecular weight is 435 g/mol. The highest BCUT2D eigenvalue weighted by Crippen LogP contribution is 2.19. The number of halogens is 1. The molecule has 0 saturated carbocycles. The van der Waals surface area contributed by atoms with Crippen LogP contribution in [0.3, 0.4) is 0 Å². The monoisotopic (exact) mass is 434 g/mol. The van der Waals surface area contributed by atoms with E-state index in [-0.39, 0.29) is 0 Å². The van der Waals surface area contributed by atoms with Crippen molar-refractivity contribution < 1.29 is 9.26 Å². The number of aliphatic imine (C=N–C) groups is 1. The number of hydrogen-bond donors (Lipinski definition) is 2. The number of nitrogens with one attached hydrogen (secondary N) is 2. The van der Waals surface area contributed by atoms with Gasteiger partial charge in [-0.15, -0.1) is 0 Å². The Kier molecular flexibility index (Phi) is 8.48. The summed E-state index contributed by atoms with van der Waals surface area (Å²) in [5.74, 6) is 2.33. The van der Waals surface area contributed by atoms with Crippen molar-refractivity contribution in [2.75, 3.05) is 39.9 Å². The molecule has 0 aliphatic carbocycles. The van der Waals surface area contributed by atoms with Crippen molar-refractivity contribution in [3.8, 4) is 11.4 Å². The van der Waals surface area contributed by atoms with Gasteiger partial charge in [-0.1, -0.05) is 42.7 Å². The van der Waals surface area contributed by atoms with E-state index in [1.807, 2.05) is 24.3 Å². The quantitative estimate of drug-likeness (QED) is 0.487. The smallest absolute Gasteiger partial charge is 0.246 e. The SMILES string of the molecule is CN=C(NCc1nc(-c2cccc(Cl)c2)no1)NCC(CC(C)C)N1CCOCC1. The summed E-state index contributed by atoms with van der Waals surface area (Å²) >= 11 is 6.04. The molecule has 0 radical (unpaired) electrons. The molecule has 2 N–H and O–H groups in total. The number of rotatable bonds is 8. The zero-order chi connectivity index (χ0) is 21.3. The number of ether oxygens (including phenoxy) is 1. The molecule has 1 aliphatic rings. The molecule has 2 aromatic rings. The number of nitrogens with zero attached hydrogens (tertiary/aromatic N) is 4. The summed E-state index contributed by atoms with van der Waals surface area (Å²) in [6.45, 7) is 9.26. The Morgan fingerprint density at radius 1 is 1.27 bits per heavy atom. The van der Waals surface area contributed by atoms with Crippen LogP contribution in [-0.4, -0.2) is 66.9 Å². The molecule has 1 atom stereocenters. The number of morpholine rings is 1. The molecule has 1 aromatic carbocycles. The molecule has 0 bridgehead atoms. The van der Waals surface area contributed by atoms with Gasteiger partial charge in [-0.05, 0) is 24.5 Å². The predicted octanol–water partition coefficient (Wildman–Crippen LogP) is 2.80. The van der Waals surface area contributed by atoms with Gasteiger partial charge in [0, 0.05) is 43.3 Å². The summed E-state index contributed by atoms with van der Waals surface area (Å²) in [5.41, 5.74) is 0.821. The number of benzene rings is 1. The molecule has 1 unspecified atom stereocenters. The van der Waals surface area contributed by atoms with E-state index in [0.717, 1.165) is 44.8 Å². The second-order valence-corrected chi connectivity index (χ2v) is 8.20. The van der Waals surface area contributed by atoms with Crippen LogP contribution in [0.2, 0.25) is 5.02 Å². The second kappa shape index (κ2) is 11.3. The van der Waals surface area contributed by atoms with Gasteiger partial charge < -0.3 is 19.9 Å². The van der Waals surface area contributed by atoms with Gasteiger partial charge in [0.25, 0.3) is 0 Å². The summed E-state index contributed by atoms with van der Waals surface area (Å²) in [5, 5.41) is 11.4. The van der Waals surface area contributed by atoms with Crippen LogP contribution in [0.5, 0.6) is 0 Å². The van der Waals surface area contributed by atoms with Crippen LogP contribution < -0.4 is 10.6 Å². The number of aromatic nitrogens is 2. The van der Waals surface area contributed by atoms with Crippen molar-refractivity contribution in [3.05, 3.63) is 35.2 Å². The summed E-state index contributed by atoms with van der Waals surface area (Å²) in [7, 11) is 1.76. The fourth-order valence-corrected chi connectivity index (χ4v) is 3.70. The lowest BCUT2D eigenvalue weighted by Crippen LogP contribution is -2.51. The molecule has 30 heavy (non-hydrogen) atoms. The molecule has 8 nitrogen and oxygen atoms in total. The van der Waals surface area contributed by atoms with E-state index in [1.165, 1.54) is 0 Å². The third-order valence-electron chi connectivity index (χ3n) is 4.99. The first kappa shape index (κ1) is 22.5. The van der Waals surface area contributed by atoms with Gasteiger partial charge in [-0.25, -0.2) is 0 Å². The molecule has 1 saturated heterocycles. The molecule has 2 heterocycles. The maximum atomic E-state index is 6.04. The van der Waals surface area contributed by atoms with Crippen molar-refractivity contribution in [3.63, 3.8) is 0 Å². The maximum absolute atomic E-state index is 6.04. The van der Waals surface area contributed by atoms with Gasteiger partial charge in [0.2, 0.25) is 11.7 Å².